The van der Waals surface area contributed by atoms with Crippen molar-refractivity contribution in [2.45, 2.75) is 4.90 Å². The molecule has 72 valence electrons. The van der Waals surface area contributed by atoms with E-state index in [1.165, 1.54) is 4.90 Å². The lowest BCUT2D eigenvalue weighted by atomic mass is 10.1. The molecular formula is C9H9N3S2. The van der Waals surface area contributed by atoms with Crippen molar-refractivity contribution in [1.29, 1.82) is 0 Å². The summed E-state index contributed by atoms with van der Waals surface area (Å²) in [6.07, 6.45) is 2.05. The lowest BCUT2D eigenvalue weighted by Crippen LogP contribution is -1.88. The van der Waals surface area contributed by atoms with Gasteiger partial charge in [0.05, 0.1) is 11.7 Å². The van der Waals surface area contributed by atoms with Crippen LogP contribution >= 0.6 is 23.5 Å². The van der Waals surface area contributed by atoms with Gasteiger partial charge in [-0.15, -0.1) is 11.8 Å². The maximum atomic E-state index is 5.67. The van der Waals surface area contributed by atoms with Crippen molar-refractivity contribution in [3.05, 3.63) is 24.3 Å². The third-order valence-corrected chi connectivity index (χ3v) is 3.16. The fourth-order valence-electron chi connectivity index (χ4n) is 1.14. The number of nitrogen functional groups attached to an aromatic ring is 1. The van der Waals surface area contributed by atoms with Gasteiger partial charge in [0, 0.05) is 10.5 Å². The summed E-state index contributed by atoms with van der Waals surface area (Å²) in [6.45, 7) is 0. The first-order valence-electron chi connectivity index (χ1n) is 4.03. The first-order valence-corrected chi connectivity index (χ1v) is 5.99. The van der Waals surface area contributed by atoms with E-state index in [4.69, 9.17) is 5.73 Å². The van der Waals surface area contributed by atoms with Gasteiger partial charge >= 0.3 is 0 Å². The number of benzene rings is 1. The number of nitrogens with two attached hydrogens (primary N) is 1. The minimum Gasteiger partial charge on any atom is -0.381 e. The van der Waals surface area contributed by atoms with E-state index in [-0.39, 0.29) is 0 Å². The van der Waals surface area contributed by atoms with E-state index in [0.29, 0.717) is 5.82 Å². The van der Waals surface area contributed by atoms with E-state index in [9.17, 15) is 0 Å². The summed E-state index contributed by atoms with van der Waals surface area (Å²) >= 11 is 2.86. The predicted octanol–water partition coefficient (Wildman–Crippen LogP) is 2.51. The van der Waals surface area contributed by atoms with Gasteiger partial charge in [-0.2, -0.15) is 8.75 Å². The number of aromatic nitrogens is 2. The van der Waals surface area contributed by atoms with Gasteiger partial charge in [-0.05, 0) is 18.4 Å². The first-order chi connectivity index (χ1) is 6.81. The fourth-order valence-corrected chi connectivity index (χ4v) is 2.05. The van der Waals surface area contributed by atoms with E-state index >= 15 is 0 Å². The number of hydrogen-bond acceptors (Lipinski definition) is 5. The normalized spacial score (nSPS) is 10.4. The summed E-state index contributed by atoms with van der Waals surface area (Å²) in [5, 5.41) is 0. The molecule has 2 rings (SSSR count). The molecule has 3 nitrogen and oxygen atoms in total. The molecule has 0 aliphatic carbocycles. The van der Waals surface area contributed by atoms with Crippen LogP contribution in [0.1, 0.15) is 0 Å². The number of thioether (sulfide) groups is 1. The highest BCUT2D eigenvalue weighted by atomic mass is 32.2. The summed E-state index contributed by atoms with van der Waals surface area (Å²) in [5.41, 5.74) is 7.48. The first kappa shape index (κ1) is 9.48. The van der Waals surface area contributed by atoms with Gasteiger partial charge in [0.15, 0.2) is 5.82 Å². The molecule has 1 aromatic carbocycles. The van der Waals surface area contributed by atoms with E-state index in [0.717, 1.165) is 23.0 Å². The summed E-state index contributed by atoms with van der Waals surface area (Å²) < 4.78 is 8.08. The molecule has 0 atom stereocenters. The third-order valence-electron chi connectivity index (χ3n) is 1.88. The highest BCUT2D eigenvalue weighted by Gasteiger charge is 2.06. The molecule has 0 aliphatic rings. The molecule has 0 saturated carbocycles. The maximum Gasteiger partial charge on any atom is 0.165 e. The van der Waals surface area contributed by atoms with Crippen molar-refractivity contribution >= 4 is 29.3 Å². The lowest BCUT2D eigenvalue weighted by molar-refractivity contribution is 1.43. The van der Waals surface area contributed by atoms with Gasteiger partial charge in [0.25, 0.3) is 0 Å². The second kappa shape index (κ2) is 3.98. The zero-order chi connectivity index (χ0) is 9.97. The predicted molar refractivity (Wildman–Crippen MR) is 61.5 cm³/mol. The monoisotopic (exact) mass is 223 g/mol. The average molecular weight is 223 g/mol. The van der Waals surface area contributed by atoms with Crippen LogP contribution in [0, 0.1) is 0 Å². The van der Waals surface area contributed by atoms with E-state index in [2.05, 4.69) is 20.9 Å². The molecule has 1 aromatic heterocycles. The molecule has 0 saturated heterocycles. The molecule has 0 unspecified atom stereocenters. The smallest absolute Gasteiger partial charge is 0.165 e. The van der Waals surface area contributed by atoms with E-state index in [1.54, 1.807) is 11.8 Å². The van der Waals surface area contributed by atoms with Gasteiger partial charge < -0.3 is 5.73 Å². The Hall–Kier alpha value is -1.07. The molecule has 1 heterocycles. The molecule has 0 fully saturated rings. The van der Waals surface area contributed by atoms with Crippen LogP contribution < -0.4 is 5.73 Å². The van der Waals surface area contributed by atoms with E-state index < -0.39 is 0 Å². The maximum absolute atomic E-state index is 5.67. The molecule has 0 radical (unpaired) electrons. The Kier molecular flexibility index (Phi) is 2.69. The summed E-state index contributed by atoms with van der Waals surface area (Å²) in [4.78, 5) is 1.23. The van der Waals surface area contributed by atoms with Crippen LogP contribution in [0.25, 0.3) is 11.3 Å². The molecule has 0 spiro atoms. The van der Waals surface area contributed by atoms with Crippen molar-refractivity contribution in [3.63, 3.8) is 0 Å². The van der Waals surface area contributed by atoms with Crippen molar-refractivity contribution in [3.8, 4) is 11.3 Å². The topological polar surface area (TPSA) is 51.8 Å². The summed E-state index contributed by atoms with van der Waals surface area (Å²) in [5.74, 6) is 0.506. The number of hydrogen-bond donors (Lipinski definition) is 1. The Morgan fingerprint density at radius 3 is 2.43 bits per heavy atom. The summed E-state index contributed by atoms with van der Waals surface area (Å²) in [6, 6.07) is 8.13. The van der Waals surface area contributed by atoms with Crippen LogP contribution in [0.4, 0.5) is 5.82 Å². The zero-order valence-corrected chi connectivity index (χ0v) is 9.23. The molecular weight excluding hydrogens is 214 g/mol. The van der Waals surface area contributed by atoms with Crippen LogP contribution in [-0.2, 0) is 0 Å². The standard InChI is InChI=1S/C9H9N3S2/c1-13-7-4-2-6(3-5-7)8-9(10)12-14-11-8/h2-5H,1H3,(H2,10,12). The number of rotatable bonds is 2. The van der Waals surface area contributed by atoms with Crippen molar-refractivity contribution in [2.24, 2.45) is 0 Å². The minimum atomic E-state index is 0.506. The number of anilines is 1. The molecule has 0 amide bonds. The van der Waals surface area contributed by atoms with Gasteiger partial charge in [-0.1, -0.05) is 12.1 Å². The second-order valence-corrected chi connectivity index (χ2v) is 4.13. The molecule has 0 bridgehead atoms. The Bertz CT molecular complexity index is 422. The second-order valence-electron chi connectivity index (χ2n) is 2.73. The van der Waals surface area contributed by atoms with Crippen LogP contribution in [-0.4, -0.2) is 15.0 Å². The van der Waals surface area contributed by atoms with Crippen LogP contribution in [0.2, 0.25) is 0 Å². The molecule has 0 aliphatic heterocycles. The molecule has 2 N–H and O–H groups in total. The fraction of sp³-hybridized carbons (Fsp3) is 0.111. The molecule has 14 heavy (non-hydrogen) atoms. The summed E-state index contributed by atoms with van der Waals surface area (Å²) in [7, 11) is 0. The van der Waals surface area contributed by atoms with Crippen molar-refractivity contribution < 1.29 is 0 Å². The van der Waals surface area contributed by atoms with Gasteiger partial charge in [0.2, 0.25) is 0 Å². The van der Waals surface area contributed by atoms with Crippen LogP contribution in [0.5, 0.6) is 0 Å². The van der Waals surface area contributed by atoms with Gasteiger partial charge in [-0.25, -0.2) is 0 Å². The van der Waals surface area contributed by atoms with E-state index in [1.807, 2.05) is 18.4 Å². The van der Waals surface area contributed by atoms with Crippen LogP contribution in [0.3, 0.4) is 0 Å². The van der Waals surface area contributed by atoms with Crippen molar-refractivity contribution in [1.82, 2.24) is 8.75 Å². The van der Waals surface area contributed by atoms with Gasteiger partial charge in [-0.3, -0.25) is 0 Å². The SMILES string of the molecule is CSc1ccc(-c2nsnc2N)cc1. The molecule has 5 heteroatoms. The number of nitrogens with zero attached hydrogens (tertiary/aromatic N) is 2. The minimum absolute atomic E-state index is 0.506. The lowest BCUT2D eigenvalue weighted by Gasteiger charge is -1.99. The van der Waals surface area contributed by atoms with Gasteiger partial charge in [0.1, 0.15) is 5.69 Å². The Labute approximate surface area is 90.7 Å². The zero-order valence-electron chi connectivity index (χ0n) is 7.60. The molecule has 2 aromatic rings. The Morgan fingerprint density at radius 2 is 1.93 bits per heavy atom. The highest BCUT2D eigenvalue weighted by molar-refractivity contribution is 7.98. The highest BCUT2D eigenvalue weighted by Crippen LogP contribution is 2.25. The Morgan fingerprint density at radius 1 is 1.21 bits per heavy atom. The van der Waals surface area contributed by atoms with Crippen LogP contribution in [0.15, 0.2) is 29.2 Å². The average Bonchev–Trinajstić information content (AvgIpc) is 2.65. The quantitative estimate of drug-likeness (QED) is 0.795. The van der Waals surface area contributed by atoms with Crippen molar-refractivity contribution in [2.75, 3.05) is 12.0 Å². The third kappa shape index (κ3) is 1.73. The Balaban J connectivity index is 2.39. The largest absolute Gasteiger partial charge is 0.381 e.